The molecule has 0 heterocycles. The maximum Gasteiger partial charge on any atom is 0.119 e. The molecule has 0 saturated carbocycles. The molecule has 0 radical (unpaired) electrons. The van der Waals surface area contributed by atoms with E-state index >= 15 is 0 Å². The fourth-order valence-electron chi connectivity index (χ4n) is 1.35. The van der Waals surface area contributed by atoms with Crippen LogP contribution in [0.1, 0.15) is 24.2 Å². The third-order valence-corrected chi connectivity index (χ3v) is 2.30. The van der Waals surface area contributed by atoms with Crippen molar-refractivity contribution in [2.75, 3.05) is 7.11 Å². The number of hydrogen-bond acceptors (Lipinski definition) is 3. The van der Waals surface area contributed by atoms with Gasteiger partial charge in [-0.05, 0) is 37.1 Å². The highest BCUT2D eigenvalue weighted by Crippen LogP contribution is 2.24. The lowest BCUT2D eigenvalue weighted by molar-refractivity contribution is 0.152. The van der Waals surface area contributed by atoms with E-state index in [9.17, 15) is 5.11 Å². The van der Waals surface area contributed by atoms with Gasteiger partial charge in [-0.1, -0.05) is 6.07 Å². The summed E-state index contributed by atoms with van der Waals surface area (Å²) >= 11 is 0. The molecule has 2 atom stereocenters. The molecule has 3 N–H and O–H groups in total. The zero-order valence-corrected chi connectivity index (χ0v) is 8.82. The van der Waals surface area contributed by atoms with Crippen molar-refractivity contribution < 1.29 is 9.84 Å². The van der Waals surface area contributed by atoms with Crippen LogP contribution in [0.4, 0.5) is 0 Å². The van der Waals surface area contributed by atoms with Crippen LogP contribution >= 0.6 is 0 Å². The molecule has 0 spiro atoms. The summed E-state index contributed by atoms with van der Waals surface area (Å²) < 4.78 is 5.09. The lowest BCUT2D eigenvalue weighted by Gasteiger charge is -2.17. The monoisotopic (exact) mass is 195 g/mol. The molecule has 78 valence electrons. The summed E-state index contributed by atoms with van der Waals surface area (Å²) in [6.07, 6.45) is -0.634. The van der Waals surface area contributed by atoms with Gasteiger partial charge >= 0.3 is 0 Å². The SMILES string of the molecule is COc1ccc(C)c(C(O)C(C)N)c1. The number of aliphatic hydroxyl groups excluding tert-OH is 1. The highest BCUT2D eigenvalue weighted by atomic mass is 16.5. The molecule has 14 heavy (non-hydrogen) atoms. The quantitative estimate of drug-likeness (QED) is 0.766. The maximum absolute atomic E-state index is 9.82. The fraction of sp³-hybridized carbons (Fsp3) is 0.455. The number of benzene rings is 1. The molecule has 3 heteroatoms. The Hall–Kier alpha value is -1.06. The van der Waals surface area contributed by atoms with E-state index in [0.717, 1.165) is 16.9 Å². The van der Waals surface area contributed by atoms with Crippen molar-refractivity contribution in [3.8, 4) is 5.75 Å². The van der Waals surface area contributed by atoms with Gasteiger partial charge in [0.2, 0.25) is 0 Å². The highest BCUT2D eigenvalue weighted by molar-refractivity contribution is 5.36. The molecule has 0 saturated heterocycles. The molecule has 1 rings (SSSR count). The van der Waals surface area contributed by atoms with Crippen molar-refractivity contribution in [3.63, 3.8) is 0 Å². The molecule has 3 nitrogen and oxygen atoms in total. The standard InChI is InChI=1S/C11H17NO2/c1-7-4-5-9(14-3)6-10(7)11(13)8(2)12/h4-6,8,11,13H,12H2,1-3H3. The molecule has 1 aromatic carbocycles. The number of rotatable bonds is 3. The Morgan fingerprint density at radius 2 is 2.07 bits per heavy atom. The summed E-state index contributed by atoms with van der Waals surface area (Å²) in [5.74, 6) is 0.741. The van der Waals surface area contributed by atoms with Crippen molar-refractivity contribution in [2.45, 2.75) is 26.0 Å². The predicted octanol–water partition coefficient (Wildman–Crippen LogP) is 1.38. The van der Waals surface area contributed by atoms with Gasteiger partial charge in [-0.25, -0.2) is 0 Å². The Bertz CT molecular complexity index is 310. The van der Waals surface area contributed by atoms with Crippen LogP contribution in [0.2, 0.25) is 0 Å². The minimum atomic E-state index is -0.634. The highest BCUT2D eigenvalue weighted by Gasteiger charge is 2.15. The van der Waals surface area contributed by atoms with E-state index < -0.39 is 6.10 Å². The Morgan fingerprint density at radius 3 is 2.57 bits per heavy atom. The second-order valence-electron chi connectivity index (χ2n) is 3.53. The van der Waals surface area contributed by atoms with E-state index in [-0.39, 0.29) is 6.04 Å². The van der Waals surface area contributed by atoms with Gasteiger partial charge in [-0.3, -0.25) is 0 Å². The largest absolute Gasteiger partial charge is 0.497 e. The van der Waals surface area contributed by atoms with Crippen molar-refractivity contribution in [1.29, 1.82) is 0 Å². The van der Waals surface area contributed by atoms with Gasteiger partial charge in [0.05, 0.1) is 13.2 Å². The average Bonchev–Trinajstić information content (AvgIpc) is 2.17. The summed E-state index contributed by atoms with van der Waals surface area (Å²) in [7, 11) is 1.60. The first-order valence-electron chi connectivity index (χ1n) is 4.64. The van der Waals surface area contributed by atoms with Gasteiger partial charge in [0.1, 0.15) is 5.75 Å². The van der Waals surface area contributed by atoms with Crippen molar-refractivity contribution >= 4 is 0 Å². The summed E-state index contributed by atoms with van der Waals surface area (Å²) in [6.45, 7) is 3.73. The number of methoxy groups -OCH3 is 1. The van der Waals surface area contributed by atoms with E-state index in [2.05, 4.69) is 0 Å². The zero-order valence-electron chi connectivity index (χ0n) is 8.82. The van der Waals surface area contributed by atoms with E-state index in [0.29, 0.717) is 0 Å². The summed E-state index contributed by atoms with van der Waals surface area (Å²) in [4.78, 5) is 0. The molecular weight excluding hydrogens is 178 g/mol. The van der Waals surface area contributed by atoms with Crippen molar-refractivity contribution in [1.82, 2.24) is 0 Å². The lowest BCUT2D eigenvalue weighted by atomic mass is 9.99. The van der Waals surface area contributed by atoms with Crippen molar-refractivity contribution in [2.24, 2.45) is 5.73 Å². The molecule has 1 aromatic rings. The maximum atomic E-state index is 9.82. The molecule has 0 bridgehead atoms. The normalized spacial score (nSPS) is 14.9. The van der Waals surface area contributed by atoms with E-state index in [1.165, 1.54) is 0 Å². The van der Waals surface area contributed by atoms with Gasteiger partial charge in [0, 0.05) is 6.04 Å². The zero-order chi connectivity index (χ0) is 10.7. The Kier molecular flexibility index (Phi) is 3.49. The van der Waals surface area contributed by atoms with Gasteiger partial charge in [0.25, 0.3) is 0 Å². The molecule has 0 aliphatic heterocycles. The topological polar surface area (TPSA) is 55.5 Å². The first-order valence-corrected chi connectivity index (χ1v) is 4.64. The minimum Gasteiger partial charge on any atom is -0.497 e. The Morgan fingerprint density at radius 1 is 1.43 bits per heavy atom. The van der Waals surface area contributed by atoms with Gasteiger partial charge in [-0.15, -0.1) is 0 Å². The second-order valence-corrected chi connectivity index (χ2v) is 3.53. The van der Waals surface area contributed by atoms with Crippen LogP contribution in [0.3, 0.4) is 0 Å². The Labute approximate surface area is 84.5 Å². The van der Waals surface area contributed by atoms with Crippen LogP contribution in [0.25, 0.3) is 0 Å². The van der Waals surface area contributed by atoms with Crippen molar-refractivity contribution in [3.05, 3.63) is 29.3 Å². The predicted molar refractivity (Wildman–Crippen MR) is 56.3 cm³/mol. The van der Waals surface area contributed by atoms with Gasteiger partial charge in [-0.2, -0.15) is 0 Å². The van der Waals surface area contributed by atoms with Crippen LogP contribution < -0.4 is 10.5 Å². The molecule has 0 aliphatic rings. The first kappa shape index (κ1) is 11.0. The smallest absolute Gasteiger partial charge is 0.119 e. The molecule has 0 aromatic heterocycles. The number of ether oxygens (including phenoxy) is 1. The summed E-state index contributed by atoms with van der Waals surface area (Å²) in [5.41, 5.74) is 7.49. The Balaban J connectivity index is 3.05. The summed E-state index contributed by atoms with van der Waals surface area (Å²) in [6, 6.07) is 5.33. The van der Waals surface area contributed by atoms with E-state index in [1.54, 1.807) is 14.0 Å². The lowest BCUT2D eigenvalue weighted by Crippen LogP contribution is -2.25. The molecule has 0 aliphatic carbocycles. The summed E-state index contributed by atoms with van der Waals surface area (Å²) in [5, 5.41) is 9.82. The third-order valence-electron chi connectivity index (χ3n) is 2.30. The van der Waals surface area contributed by atoms with Crippen LogP contribution in [0, 0.1) is 6.92 Å². The number of aryl methyl sites for hydroxylation is 1. The number of aliphatic hydroxyl groups is 1. The number of hydrogen-bond donors (Lipinski definition) is 2. The molecular formula is C11H17NO2. The molecule has 0 amide bonds. The second kappa shape index (κ2) is 4.44. The minimum absolute atomic E-state index is 0.277. The first-order chi connectivity index (χ1) is 6.56. The van der Waals surface area contributed by atoms with Crippen LogP contribution in [0.15, 0.2) is 18.2 Å². The van der Waals surface area contributed by atoms with E-state index in [1.807, 2.05) is 25.1 Å². The molecule has 2 unspecified atom stereocenters. The molecule has 0 fully saturated rings. The van der Waals surface area contributed by atoms with E-state index in [4.69, 9.17) is 10.5 Å². The number of nitrogens with two attached hydrogens (primary N) is 1. The third kappa shape index (κ3) is 2.25. The average molecular weight is 195 g/mol. The fourth-order valence-corrected chi connectivity index (χ4v) is 1.35. The van der Waals surface area contributed by atoms with Gasteiger partial charge in [0.15, 0.2) is 0 Å². The van der Waals surface area contributed by atoms with Crippen LogP contribution in [-0.2, 0) is 0 Å². The van der Waals surface area contributed by atoms with Gasteiger partial charge < -0.3 is 15.6 Å². The van der Waals surface area contributed by atoms with Crippen LogP contribution in [0.5, 0.6) is 5.75 Å². The van der Waals surface area contributed by atoms with Crippen LogP contribution in [-0.4, -0.2) is 18.3 Å².